The molecule has 0 amide bonds. The predicted octanol–water partition coefficient (Wildman–Crippen LogP) is 0.422. The zero-order valence-corrected chi connectivity index (χ0v) is 4.80. The van der Waals surface area contributed by atoms with E-state index in [0.717, 1.165) is 25.7 Å². The second kappa shape index (κ2) is 1.71. The minimum atomic E-state index is 0.567. The van der Waals surface area contributed by atoms with Crippen molar-refractivity contribution < 1.29 is 9.47 Å². The van der Waals surface area contributed by atoms with E-state index in [1.165, 1.54) is 6.42 Å². The van der Waals surface area contributed by atoms with Crippen molar-refractivity contribution in [3.05, 3.63) is 0 Å². The van der Waals surface area contributed by atoms with Gasteiger partial charge in [0.2, 0.25) is 0 Å². The lowest BCUT2D eigenvalue weighted by Gasteiger charge is -1.97. The third-order valence-electron chi connectivity index (χ3n) is 1.85. The van der Waals surface area contributed by atoms with E-state index in [4.69, 9.17) is 9.47 Å². The van der Waals surface area contributed by atoms with Gasteiger partial charge in [0, 0.05) is 12.5 Å². The second-order valence-corrected chi connectivity index (χ2v) is 2.50. The van der Waals surface area contributed by atoms with Gasteiger partial charge in [-0.1, -0.05) is 0 Å². The molecule has 2 aliphatic rings. The number of rotatable bonds is 1. The average molecular weight is 114 g/mol. The monoisotopic (exact) mass is 114 g/mol. The molecule has 2 saturated heterocycles. The fourth-order valence-electron chi connectivity index (χ4n) is 1.17. The van der Waals surface area contributed by atoms with Crippen molar-refractivity contribution in [2.24, 2.45) is 5.92 Å². The molecule has 2 aliphatic heterocycles. The van der Waals surface area contributed by atoms with Gasteiger partial charge in [0.05, 0.1) is 19.3 Å². The number of ether oxygens (including phenoxy) is 2. The fourth-order valence-corrected chi connectivity index (χ4v) is 1.17. The molecule has 0 spiro atoms. The van der Waals surface area contributed by atoms with Crippen molar-refractivity contribution in [3.63, 3.8) is 0 Å². The number of hydrogen-bond acceptors (Lipinski definition) is 2. The average Bonchev–Trinajstić information content (AvgIpc) is 2.49. The third-order valence-corrected chi connectivity index (χ3v) is 1.85. The normalized spacial score (nSPS) is 45.0. The summed E-state index contributed by atoms with van der Waals surface area (Å²) >= 11 is 0. The standard InChI is InChI=1S/C6H10O2/c1-2-7-3-5(1)6-4-8-6/h5-6H,1-4H2/t5-,6+/m1/s1. The SMILES string of the molecule is C1C[C@@H]([C@@H]2CO2)CO1. The first-order valence-corrected chi connectivity index (χ1v) is 3.16. The summed E-state index contributed by atoms with van der Waals surface area (Å²) in [5.74, 6) is 0.731. The topological polar surface area (TPSA) is 21.8 Å². The van der Waals surface area contributed by atoms with E-state index in [1.54, 1.807) is 0 Å². The van der Waals surface area contributed by atoms with Gasteiger partial charge >= 0.3 is 0 Å². The van der Waals surface area contributed by atoms with Crippen molar-refractivity contribution in [1.82, 2.24) is 0 Å². The number of hydrogen-bond donors (Lipinski definition) is 0. The molecule has 0 N–H and O–H groups in total. The maximum Gasteiger partial charge on any atom is 0.0860 e. The van der Waals surface area contributed by atoms with Crippen LogP contribution in [0.2, 0.25) is 0 Å². The summed E-state index contributed by atoms with van der Waals surface area (Å²) in [7, 11) is 0. The van der Waals surface area contributed by atoms with Gasteiger partial charge in [-0.15, -0.1) is 0 Å². The van der Waals surface area contributed by atoms with Crippen LogP contribution in [0.1, 0.15) is 6.42 Å². The van der Waals surface area contributed by atoms with Crippen LogP contribution in [0, 0.1) is 5.92 Å². The van der Waals surface area contributed by atoms with E-state index < -0.39 is 0 Å². The fraction of sp³-hybridized carbons (Fsp3) is 1.00. The highest BCUT2D eigenvalue weighted by molar-refractivity contribution is 4.81. The lowest BCUT2D eigenvalue weighted by Crippen LogP contribution is -2.06. The van der Waals surface area contributed by atoms with Gasteiger partial charge in [-0.05, 0) is 6.42 Å². The van der Waals surface area contributed by atoms with E-state index in [2.05, 4.69) is 0 Å². The van der Waals surface area contributed by atoms with Crippen LogP contribution in [0.5, 0.6) is 0 Å². The summed E-state index contributed by atoms with van der Waals surface area (Å²) < 4.78 is 10.3. The first kappa shape index (κ1) is 4.77. The van der Waals surface area contributed by atoms with Crippen LogP contribution >= 0.6 is 0 Å². The molecule has 2 heterocycles. The molecule has 0 bridgehead atoms. The van der Waals surface area contributed by atoms with Crippen molar-refractivity contribution >= 4 is 0 Å². The molecule has 0 radical (unpaired) electrons. The summed E-state index contributed by atoms with van der Waals surface area (Å²) in [5, 5.41) is 0. The van der Waals surface area contributed by atoms with Crippen molar-refractivity contribution in [1.29, 1.82) is 0 Å². The Morgan fingerprint density at radius 2 is 2.12 bits per heavy atom. The Morgan fingerprint density at radius 3 is 2.62 bits per heavy atom. The summed E-state index contributed by atoms with van der Waals surface area (Å²) in [5.41, 5.74) is 0. The highest BCUT2D eigenvalue weighted by Gasteiger charge is 2.34. The molecule has 0 aromatic rings. The van der Waals surface area contributed by atoms with Gasteiger partial charge in [0.1, 0.15) is 0 Å². The minimum Gasteiger partial charge on any atom is -0.381 e. The zero-order chi connectivity index (χ0) is 5.40. The maximum atomic E-state index is 5.18. The lowest BCUT2D eigenvalue weighted by atomic mass is 10.1. The Balaban J connectivity index is 1.86. The molecule has 0 saturated carbocycles. The summed E-state index contributed by atoms with van der Waals surface area (Å²) in [6.07, 6.45) is 1.78. The van der Waals surface area contributed by atoms with Gasteiger partial charge in [0.25, 0.3) is 0 Å². The van der Waals surface area contributed by atoms with Gasteiger partial charge in [-0.2, -0.15) is 0 Å². The Bertz CT molecular complexity index is 82.5. The maximum absolute atomic E-state index is 5.18. The van der Waals surface area contributed by atoms with E-state index in [0.29, 0.717) is 6.10 Å². The summed E-state index contributed by atoms with van der Waals surface area (Å²) in [6, 6.07) is 0. The molecule has 0 aliphatic carbocycles. The minimum absolute atomic E-state index is 0.567. The molecule has 2 nitrogen and oxygen atoms in total. The van der Waals surface area contributed by atoms with Crippen molar-refractivity contribution in [2.45, 2.75) is 12.5 Å². The molecule has 2 heteroatoms. The number of epoxide rings is 1. The highest BCUT2D eigenvalue weighted by atomic mass is 16.6. The van der Waals surface area contributed by atoms with Crippen LogP contribution in [0.3, 0.4) is 0 Å². The molecule has 46 valence electrons. The van der Waals surface area contributed by atoms with Crippen LogP contribution in [0.15, 0.2) is 0 Å². The van der Waals surface area contributed by atoms with E-state index in [1.807, 2.05) is 0 Å². The summed E-state index contributed by atoms with van der Waals surface area (Å²) in [4.78, 5) is 0. The predicted molar refractivity (Wildman–Crippen MR) is 28.7 cm³/mol. The third kappa shape index (κ3) is 0.740. The van der Waals surface area contributed by atoms with Gasteiger partial charge in [-0.3, -0.25) is 0 Å². The first-order chi connectivity index (χ1) is 3.97. The lowest BCUT2D eigenvalue weighted by molar-refractivity contribution is 0.178. The molecule has 0 unspecified atom stereocenters. The molecular weight excluding hydrogens is 104 g/mol. The summed E-state index contributed by atoms with van der Waals surface area (Å²) in [6.45, 7) is 2.86. The van der Waals surface area contributed by atoms with Crippen molar-refractivity contribution in [3.8, 4) is 0 Å². The molecule has 0 aromatic carbocycles. The van der Waals surface area contributed by atoms with Crippen molar-refractivity contribution in [2.75, 3.05) is 19.8 Å². The second-order valence-electron chi connectivity index (χ2n) is 2.50. The van der Waals surface area contributed by atoms with Crippen LogP contribution in [0.4, 0.5) is 0 Å². The van der Waals surface area contributed by atoms with Crippen LogP contribution in [-0.4, -0.2) is 25.9 Å². The van der Waals surface area contributed by atoms with E-state index in [9.17, 15) is 0 Å². The van der Waals surface area contributed by atoms with E-state index >= 15 is 0 Å². The van der Waals surface area contributed by atoms with Gasteiger partial charge < -0.3 is 9.47 Å². The van der Waals surface area contributed by atoms with Gasteiger partial charge in [-0.25, -0.2) is 0 Å². The molecule has 8 heavy (non-hydrogen) atoms. The van der Waals surface area contributed by atoms with E-state index in [-0.39, 0.29) is 0 Å². The first-order valence-electron chi connectivity index (χ1n) is 3.16. The quantitative estimate of drug-likeness (QED) is 0.461. The highest BCUT2D eigenvalue weighted by Crippen LogP contribution is 2.26. The smallest absolute Gasteiger partial charge is 0.0860 e. The molecule has 0 aromatic heterocycles. The molecule has 2 rings (SSSR count). The van der Waals surface area contributed by atoms with Crippen LogP contribution in [-0.2, 0) is 9.47 Å². The molecular formula is C6H10O2. The zero-order valence-electron chi connectivity index (χ0n) is 4.80. The molecule has 2 atom stereocenters. The Morgan fingerprint density at radius 1 is 1.25 bits per heavy atom. The molecule has 2 fully saturated rings. The Kier molecular flexibility index (Phi) is 1.02. The largest absolute Gasteiger partial charge is 0.381 e. The van der Waals surface area contributed by atoms with Crippen LogP contribution < -0.4 is 0 Å². The van der Waals surface area contributed by atoms with Gasteiger partial charge in [0.15, 0.2) is 0 Å². The Labute approximate surface area is 48.8 Å². The Hall–Kier alpha value is -0.0800. The van der Waals surface area contributed by atoms with Crippen LogP contribution in [0.25, 0.3) is 0 Å².